The molecule has 27 heavy (non-hydrogen) atoms. The van der Waals surface area contributed by atoms with Crippen molar-refractivity contribution in [2.45, 2.75) is 32.1 Å². The van der Waals surface area contributed by atoms with Crippen LogP contribution in [-0.2, 0) is 16.0 Å². The van der Waals surface area contributed by atoms with Crippen LogP contribution in [-0.4, -0.2) is 22.7 Å². The predicted octanol–water partition coefficient (Wildman–Crippen LogP) is 4.77. The molecule has 1 heterocycles. The monoisotopic (exact) mass is 402 g/mol. The highest BCUT2D eigenvalue weighted by Gasteiger charge is 2.37. The molecule has 6 heteroatoms. The zero-order valence-electron chi connectivity index (χ0n) is 15.9. The van der Waals surface area contributed by atoms with Gasteiger partial charge in [0.05, 0.1) is 6.10 Å². The van der Waals surface area contributed by atoms with Gasteiger partial charge in [-0.1, -0.05) is 58.4 Å². The fourth-order valence-corrected chi connectivity index (χ4v) is 3.13. The lowest BCUT2D eigenvalue weighted by Crippen LogP contribution is -2.31. The molecule has 0 amide bonds. The lowest BCUT2D eigenvalue weighted by molar-refractivity contribution is -0.114. The molecule has 144 valence electrons. The zero-order valence-corrected chi connectivity index (χ0v) is 18.2. The van der Waals surface area contributed by atoms with Gasteiger partial charge < -0.3 is 9.82 Å². The maximum Gasteiger partial charge on any atom is 0.159 e. The average Bonchev–Trinajstić information content (AvgIpc) is 2.96. The topological polar surface area (TPSA) is 41.6 Å². The summed E-state index contributed by atoms with van der Waals surface area (Å²) in [5, 5.41) is 2.93. The third-order valence-electron chi connectivity index (χ3n) is 4.38. The summed E-state index contributed by atoms with van der Waals surface area (Å²) in [5.74, 6) is 0.0478. The highest BCUT2D eigenvalue weighted by Crippen LogP contribution is 2.37. The predicted molar refractivity (Wildman–Crippen MR) is 119 cm³/mol. The van der Waals surface area contributed by atoms with Crippen molar-refractivity contribution in [2.24, 2.45) is 0 Å². The molecule has 0 bridgehead atoms. The molecule has 2 aromatic carbocycles. The van der Waals surface area contributed by atoms with E-state index in [1.165, 1.54) is 11.6 Å². The second kappa shape index (κ2) is 10.1. The van der Waals surface area contributed by atoms with E-state index in [-0.39, 0.29) is 17.6 Å². The van der Waals surface area contributed by atoms with Gasteiger partial charge in [0.25, 0.3) is 0 Å². The number of benzene rings is 2. The van der Waals surface area contributed by atoms with Crippen LogP contribution in [0.1, 0.15) is 31.1 Å². The molecule has 1 saturated heterocycles. The number of ketones is 1. The Morgan fingerprint density at radius 2 is 1.89 bits per heavy atom. The summed E-state index contributed by atoms with van der Waals surface area (Å²) < 4.78 is 8.11. The van der Waals surface area contributed by atoms with E-state index in [0.29, 0.717) is 6.42 Å². The summed E-state index contributed by atoms with van der Waals surface area (Å²) in [6.07, 6.45) is 1.98. The van der Waals surface area contributed by atoms with Gasteiger partial charge in [0.2, 0.25) is 0 Å². The Morgan fingerprint density at radius 3 is 2.37 bits per heavy atom. The van der Waals surface area contributed by atoms with Crippen molar-refractivity contribution >= 4 is 30.3 Å². The fraction of sp³-hybridized carbons (Fsp3) is 0.286. The Kier molecular flexibility index (Phi) is 8.13. The van der Waals surface area contributed by atoms with Crippen LogP contribution in [0.5, 0.6) is 0 Å². The molecular formula is C21H28N2O2P2. The molecule has 3 unspecified atom stereocenters. The van der Waals surface area contributed by atoms with Crippen molar-refractivity contribution in [1.82, 2.24) is 4.67 Å². The van der Waals surface area contributed by atoms with Crippen LogP contribution in [0, 0.1) is 0 Å². The molecule has 0 saturated carbocycles. The summed E-state index contributed by atoms with van der Waals surface area (Å²) in [6, 6.07) is 18.1. The zero-order chi connectivity index (χ0) is 19.9. The summed E-state index contributed by atoms with van der Waals surface area (Å²) in [6.45, 7) is 8.53. The number of carbonyl (C=O) groups is 1. The molecule has 0 spiro atoms. The number of anilines is 1. The fourth-order valence-electron chi connectivity index (χ4n) is 2.68. The Morgan fingerprint density at radius 1 is 1.26 bits per heavy atom. The maximum absolute atomic E-state index is 11.0. The van der Waals surface area contributed by atoms with Crippen molar-refractivity contribution in [3.05, 3.63) is 78.4 Å². The average molecular weight is 402 g/mol. The van der Waals surface area contributed by atoms with Gasteiger partial charge in [0.15, 0.2) is 5.78 Å². The van der Waals surface area contributed by atoms with E-state index < -0.39 is 0 Å². The van der Waals surface area contributed by atoms with Crippen LogP contribution >= 0.6 is 18.8 Å². The smallest absolute Gasteiger partial charge is 0.159 e. The summed E-state index contributed by atoms with van der Waals surface area (Å²) in [7, 11) is 5.14. The van der Waals surface area contributed by atoms with E-state index in [4.69, 9.17) is 4.74 Å². The number of carbonyl (C=O) groups excluding carboxylic acids is 1. The van der Waals surface area contributed by atoms with Crippen molar-refractivity contribution in [1.29, 1.82) is 0 Å². The molecule has 0 radical (unpaired) electrons. The first-order chi connectivity index (χ1) is 12.9. The standard InChI is InChI=1S/C11H16NOP.C10H12NOP/c1-11(2)12(14)8-10(13-11)9-6-4-3-5-7-9;1-2-10(12)7-8-3-5-9(11-13)6-4-8/h3-7,10H,8,14H2,1-2H3;2-6,11H,1,7,13H2. The van der Waals surface area contributed by atoms with E-state index >= 15 is 0 Å². The Bertz CT molecular complexity index is 749. The van der Waals surface area contributed by atoms with Crippen LogP contribution in [0.15, 0.2) is 67.3 Å². The number of nitrogens with zero attached hydrogens (tertiary/aromatic N) is 1. The van der Waals surface area contributed by atoms with Crippen LogP contribution in [0.3, 0.4) is 0 Å². The molecule has 3 atom stereocenters. The highest BCUT2D eigenvalue weighted by atomic mass is 31.0. The molecule has 1 fully saturated rings. The van der Waals surface area contributed by atoms with E-state index in [9.17, 15) is 4.79 Å². The van der Waals surface area contributed by atoms with Gasteiger partial charge in [0, 0.05) is 18.7 Å². The summed E-state index contributed by atoms with van der Waals surface area (Å²) >= 11 is 0. The van der Waals surface area contributed by atoms with Crippen molar-refractivity contribution < 1.29 is 9.53 Å². The molecule has 3 rings (SSSR count). The first kappa shape index (κ1) is 21.7. The number of rotatable bonds is 5. The first-order valence-electron chi connectivity index (χ1n) is 8.81. The second-order valence-electron chi connectivity index (χ2n) is 6.80. The van der Waals surface area contributed by atoms with Gasteiger partial charge in [-0.25, -0.2) is 0 Å². The van der Waals surface area contributed by atoms with E-state index in [0.717, 1.165) is 17.8 Å². The Balaban J connectivity index is 0.000000194. The normalized spacial score (nSPS) is 18.3. The van der Waals surface area contributed by atoms with E-state index in [1.54, 1.807) is 0 Å². The lowest BCUT2D eigenvalue weighted by Gasteiger charge is -2.25. The number of nitrogens with one attached hydrogen (secondary N) is 1. The molecule has 1 aliphatic rings. The molecule has 2 aromatic rings. The number of ether oxygens (including phenoxy) is 1. The van der Waals surface area contributed by atoms with Gasteiger partial charge in [-0.05, 0) is 52.6 Å². The van der Waals surface area contributed by atoms with Crippen molar-refractivity contribution in [3.8, 4) is 0 Å². The minimum absolute atomic E-state index is 0.0478. The van der Waals surface area contributed by atoms with Gasteiger partial charge in [-0.2, -0.15) is 0 Å². The Hall–Kier alpha value is -1.57. The minimum atomic E-state index is -0.175. The largest absolute Gasteiger partial charge is 0.369 e. The molecule has 1 aliphatic heterocycles. The SMILES string of the molecule is C=CC(=O)Cc1ccc(NP)cc1.CC1(C)OC(c2ccccc2)CN1P. The first-order valence-corrected chi connectivity index (χ1v) is 9.91. The molecule has 4 nitrogen and oxygen atoms in total. The van der Waals surface area contributed by atoms with E-state index in [2.05, 4.69) is 73.2 Å². The quantitative estimate of drug-likeness (QED) is 0.578. The maximum atomic E-state index is 11.0. The number of hydrogen-bond acceptors (Lipinski definition) is 4. The molecule has 1 N–H and O–H groups in total. The Labute approximate surface area is 166 Å². The highest BCUT2D eigenvalue weighted by molar-refractivity contribution is 7.18. The molecule has 0 aliphatic carbocycles. The van der Waals surface area contributed by atoms with Gasteiger partial charge in [-0.3, -0.25) is 9.46 Å². The van der Waals surface area contributed by atoms with Gasteiger partial charge in [-0.15, -0.1) is 0 Å². The van der Waals surface area contributed by atoms with Gasteiger partial charge >= 0.3 is 0 Å². The summed E-state index contributed by atoms with van der Waals surface area (Å²) in [5.41, 5.74) is 3.10. The van der Waals surface area contributed by atoms with Gasteiger partial charge in [0.1, 0.15) is 5.72 Å². The van der Waals surface area contributed by atoms with Crippen LogP contribution < -0.4 is 5.09 Å². The molecule has 0 aromatic heterocycles. The lowest BCUT2D eigenvalue weighted by atomic mass is 10.1. The number of hydrogen-bond donors (Lipinski definition) is 1. The third kappa shape index (κ3) is 6.52. The number of allylic oxidation sites excluding steroid dienone is 1. The van der Waals surface area contributed by atoms with Crippen LogP contribution in [0.25, 0.3) is 0 Å². The minimum Gasteiger partial charge on any atom is -0.369 e. The van der Waals surface area contributed by atoms with Crippen molar-refractivity contribution in [2.75, 3.05) is 11.6 Å². The third-order valence-corrected chi connectivity index (χ3v) is 5.55. The van der Waals surface area contributed by atoms with E-state index in [1.807, 2.05) is 30.3 Å². The summed E-state index contributed by atoms with van der Waals surface area (Å²) in [4.78, 5) is 11.0. The second-order valence-corrected chi connectivity index (χ2v) is 7.72. The van der Waals surface area contributed by atoms with Crippen molar-refractivity contribution in [3.63, 3.8) is 0 Å². The van der Waals surface area contributed by atoms with Crippen LogP contribution in [0.2, 0.25) is 0 Å². The van der Waals surface area contributed by atoms with Crippen LogP contribution in [0.4, 0.5) is 5.69 Å². The molecular weight excluding hydrogens is 374 g/mol.